The van der Waals surface area contributed by atoms with Crippen molar-refractivity contribution in [1.82, 2.24) is 20.3 Å². The van der Waals surface area contributed by atoms with Gasteiger partial charge in [-0.3, -0.25) is 4.79 Å². The molecule has 0 saturated heterocycles. The molecule has 0 spiro atoms. The van der Waals surface area contributed by atoms with Crippen LogP contribution in [0.2, 0.25) is 0 Å². The van der Waals surface area contributed by atoms with Gasteiger partial charge in [-0.15, -0.1) is 0 Å². The molecule has 0 bridgehead atoms. The number of hydrogen-bond acceptors (Lipinski definition) is 7. The zero-order chi connectivity index (χ0) is 24.8. The Morgan fingerprint density at radius 1 is 1.14 bits per heavy atom. The lowest BCUT2D eigenvalue weighted by Gasteiger charge is -2.18. The number of rotatable bonds is 11. The molecule has 10 nitrogen and oxygen atoms in total. The highest BCUT2D eigenvalue weighted by Crippen LogP contribution is 2.22. The van der Waals surface area contributed by atoms with Gasteiger partial charge < -0.3 is 35.6 Å². The van der Waals surface area contributed by atoms with Crippen molar-refractivity contribution in [2.75, 3.05) is 13.2 Å². The number of aliphatic hydroxyl groups is 1. The summed E-state index contributed by atoms with van der Waals surface area (Å²) < 4.78 is 11.4. The van der Waals surface area contributed by atoms with Crippen LogP contribution in [0.4, 0.5) is 0 Å². The Hall–Kier alpha value is -4.15. The van der Waals surface area contributed by atoms with E-state index in [-0.39, 0.29) is 18.3 Å². The van der Waals surface area contributed by atoms with Crippen LogP contribution in [0.3, 0.4) is 0 Å². The summed E-state index contributed by atoms with van der Waals surface area (Å²) >= 11 is 0. The molecule has 6 N–H and O–H groups in total. The number of carbonyl (C=O) groups excluding carboxylic acids is 1. The van der Waals surface area contributed by atoms with Crippen LogP contribution in [-0.4, -0.2) is 51.3 Å². The third-order valence-electron chi connectivity index (χ3n) is 5.35. The molecule has 2 atom stereocenters. The number of nitrogens with zero attached hydrogens (tertiary/aromatic N) is 1. The number of aromatic nitrogens is 3. The number of para-hydroxylation sites is 1. The number of aromatic amines is 2. The van der Waals surface area contributed by atoms with Gasteiger partial charge in [-0.25, -0.2) is 9.78 Å². The predicted molar refractivity (Wildman–Crippen MR) is 131 cm³/mol. The fraction of sp³-hybridized carbons (Fsp3) is 0.240. The van der Waals surface area contributed by atoms with Crippen molar-refractivity contribution in [3.63, 3.8) is 0 Å². The van der Waals surface area contributed by atoms with Gasteiger partial charge in [0.25, 0.3) is 0 Å². The predicted octanol–water partition coefficient (Wildman–Crippen LogP) is 2.10. The van der Waals surface area contributed by atoms with Crippen molar-refractivity contribution in [3.05, 3.63) is 82.4 Å². The van der Waals surface area contributed by atoms with E-state index in [2.05, 4.69) is 20.3 Å². The molecule has 10 heteroatoms. The monoisotopic (exact) mass is 477 g/mol. The lowest BCUT2D eigenvalue weighted by atomic mass is 10.1. The minimum atomic E-state index is -0.720. The second-order valence-corrected chi connectivity index (χ2v) is 8.23. The van der Waals surface area contributed by atoms with E-state index >= 15 is 0 Å². The Kier molecular flexibility index (Phi) is 7.44. The summed E-state index contributed by atoms with van der Waals surface area (Å²) in [6, 6.07) is 16.2. The van der Waals surface area contributed by atoms with Crippen molar-refractivity contribution in [3.8, 4) is 17.4 Å². The van der Waals surface area contributed by atoms with Gasteiger partial charge in [-0.2, -0.15) is 0 Å². The lowest BCUT2D eigenvalue weighted by Crippen LogP contribution is -2.37. The van der Waals surface area contributed by atoms with Gasteiger partial charge in [0.05, 0.1) is 11.1 Å². The maximum absolute atomic E-state index is 11.5. The average Bonchev–Trinajstić information content (AvgIpc) is 3.24. The number of ether oxygens (including phenoxy) is 2. The molecule has 0 radical (unpaired) electrons. The summed E-state index contributed by atoms with van der Waals surface area (Å²) in [5.74, 6) is 0.963. The number of imidazole rings is 1. The minimum absolute atomic E-state index is 0.0898. The molecule has 4 rings (SSSR count). The van der Waals surface area contributed by atoms with Gasteiger partial charge in [0.1, 0.15) is 29.7 Å². The number of nitrogens with two attached hydrogens (primary N) is 1. The first-order valence-electron chi connectivity index (χ1n) is 11.2. The lowest BCUT2D eigenvalue weighted by molar-refractivity contribution is 0.1000. The molecule has 1 unspecified atom stereocenters. The quantitative estimate of drug-likeness (QED) is 0.221. The van der Waals surface area contributed by atoms with Crippen molar-refractivity contribution in [2.24, 2.45) is 5.73 Å². The molecule has 0 aliphatic heterocycles. The fourth-order valence-corrected chi connectivity index (χ4v) is 3.56. The molecule has 0 aliphatic rings. The van der Waals surface area contributed by atoms with Crippen LogP contribution in [0.25, 0.3) is 11.0 Å². The molecule has 0 aliphatic carbocycles. The SMILES string of the molecule is CC(Cc1ccc(Oc2ccc(C(N)=O)cn2)cc1)NC[C@H](O)COc1cccc2[nH]c(=O)[nH]c12. The maximum Gasteiger partial charge on any atom is 0.323 e. The second kappa shape index (κ2) is 10.9. The van der Waals surface area contributed by atoms with E-state index < -0.39 is 12.0 Å². The molecule has 0 saturated carbocycles. The molecule has 1 amide bonds. The molecular formula is C25H27N5O5. The molecule has 2 aromatic carbocycles. The van der Waals surface area contributed by atoms with Crippen LogP contribution in [-0.2, 0) is 6.42 Å². The first kappa shape index (κ1) is 24.0. The topological polar surface area (TPSA) is 155 Å². The number of fused-ring (bicyclic) bond motifs is 1. The van der Waals surface area contributed by atoms with Gasteiger partial charge in [-0.05, 0) is 49.2 Å². The normalized spacial score (nSPS) is 12.9. The van der Waals surface area contributed by atoms with Crippen LogP contribution in [0, 0.1) is 0 Å². The van der Waals surface area contributed by atoms with Crippen LogP contribution < -0.4 is 26.2 Å². The Morgan fingerprint density at radius 2 is 1.94 bits per heavy atom. The first-order valence-corrected chi connectivity index (χ1v) is 11.2. The van der Waals surface area contributed by atoms with E-state index in [9.17, 15) is 14.7 Å². The van der Waals surface area contributed by atoms with Crippen LogP contribution in [0.5, 0.6) is 17.4 Å². The van der Waals surface area contributed by atoms with Gasteiger partial charge in [-0.1, -0.05) is 18.2 Å². The van der Waals surface area contributed by atoms with E-state index in [1.165, 1.54) is 6.20 Å². The van der Waals surface area contributed by atoms with E-state index in [0.29, 0.717) is 40.5 Å². The zero-order valence-electron chi connectivity index (χ0n) is 19.2. The molecule has 0 fully saturated rings. The Balaban J connectivity index is 1.21. The molecule has 182 valence electrons. The van der Waals surface area contributed by atoms with Gasteiger partial charge >= 0.3 is 5.69 Å². The fourth-order valence-electron chi connectivity index (χ4n) is 3.56. The Labute approximate surface area is 201 Å². The highest BCUT2D eigenvalue weighted by atomic mass is 16.5. The van der Waals surface area contributed by atoms with Crippen molar-refractivity contribution in [1.29, 1.82) is 0 Å². The number of aliphatic hydroxyl groups excluding tert-OH is 1. The number of nitrogens with one attached hydrogen (secondary N) is 3. The molecule has 4 aromatic rings. The van der Waals surface area contributed by atoms with Crippen LogP contribution >= 0.6 is 0 Å². The van der Waals surface area contributed by atoms with Crippen molar-refractivity contribution < 1.29 is 19.4 Å². The number of hydrogen-bond donors (Lipinski definition) is 5. The third-order valence-corrected chi connectivity index (χ3v) is 5.35. The van der Waals surface area contributed by atoms with E-state index in [0.717, 1.165) is 12.0 Å². The summed E-state index contributed by atoms with van der Waals surface area (Å²) in [4.78, 5) is 32.0. The second-order valence-electron chi connectivity index (χ2n) is 8.23. The van der Waals surface area contributed by atoms with Crippen LogP contribution in [0.15, 0.2) is 65.6 Å². The zero-order valence-corrected chi connectivity index (χ0v) is 19.2. The number of primary amides is 1. The first-order chi connectivity index (χ1) is 16.9. The van der Waals surface area contributed by atoms with Crippen molar-refractivity contribution >= 4 is 16.9 Å². The van der Waals surface area contributed by atoms with E-state index in [4.69, 9.17) is 15.2 Å². The summed E-state index contributed by atoms with van der Waals surface area (Å²) in [7, 11) is 0. The average molecular weight is 478 g/mol. The van der Waals surface area contributed by atoms with Gasteiger partial charge in [0, 0.05) is 24.8 Å². The number of carbonyl (C=O) groups is 1. The highest BCUT2D eigenvalue weighted by Gasteiger charge is 2.11. The number of H-pyrrole nitrogens is 2. The standard InChI is InChI=1S/C25H27N5O5/c1-15(27-13-18(31)14-34-21-4-2-3-20-23(21)30-25(33)29-20)11-16-5-8-19(9-6-16)35-22-10-7-17(12-28-22)24(26)32/h2-10,12,15,18,27,31H,11,13-14H2,1H3,(H2,26,32)(H2,29,30,33)/t15?,18-/m0/s1. The molecule has 2 aromatic heterocycles. The minimum Gasteiger partial charge on any atom is -0.489 e. The smallest absolute Gasteiger partial charge is 0.323 e. The molecule has 2 heterocycles. The van der Waals surface area contributed by atoms with E-state index in [1.807, 2.05) is 31.2 Å². The van der Waals surface area contributed by atoms with E-state index in [1.54, 1.807) is 30.3 Å². The Bertz CT molecular complexity index is 1330. The van der Waals surface area contributed by atoms with Crippen molar-refractivity contribution in [2.45, 2.75) is 25.5 Å². The van der Waals surface area contributed by atoms with Gasteiger partial charge in [0.2, 0.25) is 11.8 Å². The van der Waals surface area contributed by atoms with Crippen LogP contribution in [0.1, 0.15) is 22.8 Å². The highest BCUT2D eigenvalue weighted by molar-refractivity contribution is 5.92. The maximum atomic E-state index is 11.5. The summed E-state index contributed by atoms with van der Waals surface area (Å²) in [5, 5.41) is 13.6. The molecule has 35 heavy (non-hydrogen) atoms. The molecular weight excluding hydrogens is 450 g/mol. The Morgan fingerprint density at radius 3 is 2.66 bits per heavy atom. The summed E-state index contributed by atoms with van der Waals surface area (Å²) in [6.07, 6.45) is 1.41. The largest absolute Gasteiger partial charge is 0.489 e. The third kappa shape index (κ3) is 6.46. The van der Waals surface area contributed by atoms with Gasteiger partial charge in [0.15, 0.2) is 0 Å². The summed E-state index contributed by atoms with van der Waals surface area (Å²) in [6.45, 7) is 2.48. The summed E-state index contributed by atoms with van der Waals surface area (Å²) in [5.41, 5.74) is 7.56. The number of amides is 1. The number of pyridine rings is 1. The number of benzene rings is 2.